The first-order chi connectivity index (χ1) is 6.75. The predicted molar refractivity (Wildman–Crippen MR) is 54.0 cm³/mol. The van der Waals surface area contributed by atoms with Gasteiger partial charge in [-0.2, -0.15) is 0 Å². The van der Waals surface area contributed by atoms with E-state index in [1.54, 1.807) is 12.3 Å². The average Bonchev–Trinajstić information content (AvgIpc) is 2.17. The molecule has 0 fully saturated rings. The highest BCUT2D eigenvalue weighted by Gasteiger charge is 2.02. The molecule has 0 bridgehead atoms. The highest BCUT2D eigenvalue weighted by Crippen LogP contribution is 2.17. The van der Waals surface area contributed by atoms with E-state index in [-0.39, 0.29) is 11.4 Å². The van der Waals surface area contributed by atoms with Crippen LogP contribution in [0.5, 0.6) is 5.88 Å². The van der Waals surface area contributed by atoms with Crippen LogP contribution >= 0.6 is 0 Å². The molecular formula is C10H9NO4. The number of carboxylic acid groups (broad SMARTS) is 1. The van der Waals surface area contributed by atoms with Crippen LogP contribution < -0.4 is 4.74 Å². The van der Waals surface area contributed by atoms with Crippen molar-refractivity contribution in [2.75, 3.05) is 0 Å². The van der Waals surface area contributed by atoms with E-state index in [1.807, 2.05) is 24.3 Å². The quantitative estimate of drug-likeness (QED) is 0.716. The van der Waals surface area contributed by atoms with Crippen molar-refractivity contribution in [3.8, 4) is 5.88 Å². The lowest BCUT2D eigenvalue weighted by Crippen LogP contribution is -2.04. The SMILES string of the molecule is O.O=C(O)Oc1cc2ccccc2cn1. The van der Waals surface area contributed by atoms with Crippen LogP contribution in [0.25, 0.3) is 10.8 Å². The van der Waals surface area contributed by atoms with E-state index in [2.05, 4.69) is 9.72 Å². The highest BCUT2D eigenvalue weighted by molar-refractivity contribution is 5.82. The van der Waals surface area contributed by atoms with Crippen molar-refractivity contribution in [1.29, 1.82) is 0 Å². The van der Waals surface area contributed by atoms with Gasteiger partial charge < -0.3 is 15.3 Å². The van der Waals surface area contributed by atoms with Gasteiger partial charge in [-0.1, -0.05) is 24.3 Å². The molecule has 0 atom stereocenters. The molecule has 0 aliphatic carbocycles. The van der Waals surface area contributed by atoms with Crippen molar-refractivity contribution < 1.29 is 20.1 Å². The maximum absolute atomic E-state index is 10.2. The third kappa shape index (κ3) is 2.41. The molecule has 0 aliphatic heterocycles. The van der Waals surface area contributed by atoms with Crippen LogP contribution in [0.1, 0.15) is 0 Å². The Balaban J connectivity index is 0.00000112. The van der Waals surface area contributed by atoms with Gasteiger partial charge in [0.1, 0.15) is 0 Å². The lowest BCUT2D eigenvalue weighted by atomic mass is 10.2. The molecule has 1 aromatic heterocycles. The molecule has 0 radical (unpaired) electrons. The van der Waals surface area contributed by atoms with Crippen molar-refractivity contribution in [3.05, 3.63) is 36.5 Å². The minimum Gasteiger partial charge on any atom is -0.449 e. The summed E-state index contributed by atoms with van der Waals surface area (Å²) in [7, 11) is 0. The molecule has 1 aromatic carbocycles. The summed E-state index contributed by atoms with van der Waals surface area (Å²) in [5.41, 5.74) is 0. The third-order valence-electron chi connectivity index (χ3n) is 1.80. The maximum atomic E-state index is 10.2. The minimum absolute atomic E-state index is 0. The van der Waals surface area contributed by atoms with Gasteiger partial charge in [0.05, 0.1) is 0 Å². The molecule has 0 unspecified atom stereocenters. The van der Waals surface area contributed by atoms with Crippen LogP contribution in [0.15, 0.2) is 36.5 Å². The Bertz CT molecular complexity index is 484. The summed E-state index contributed by atoms with van der Waals surface area (Å²) in [6.07, 6.45) is 0.223. The van der Waals surface area contributed by atoms with Gasteiger partial charge in [-0.05, 0) is 5.39 Å². The molecule has 3 N–H and O–H groups in total. The van der Waals surface area contributed by atoms with E-state index >= 15 is 0 Å². The number of pyridine rings is 1. The normalized spacial score (nSPS) is 9.33. The third-order valence-corrected chi connectivity index (χ3v) is 1.80. The number of carbonyl (C=O) groups is 1. The first-order valence-corrected chi connectivity index (χ1v) is 4.01. The summed E-state index contributed by atoms with van der Waals surface area (Å²) < 4.78 is 4.43. The molecule has 0 spiro atoms. The predicted octanol–water partition coefficient (Wildman–Crippen LogP) is 1.47. The largest absolute Gasteiger partial charge is 0.512 e. The number of ether oxygens (including phenoxy) is 1. The fourth-order valence-corrected chi connectivity index (χ4v) is 1.21. The van der Waals surface area contributed by atoms with E-state index < -0.39 is 6.16 Å². The van der Waals surface area contributed by atoms with Gasteiger partial charge in [0, 0.05) is 17.6 Å². The molecular weight excluding hydrogens is 198 g/mol. The second kappa shape index (κ2) is 4.39. The van der Waals surface area contributed by atoms with E-state index in [9.17, 15) is 4.79 Å². The van der Waals surface area contributed by atoms with Gasteiger partial charge in [-0.15, -0.1) is 0 Å². The van der Waals surface area contributed by atoms with Crippen LogP contribution in [-0.4, -0.2) is 21.7 Å². The van der Waals surface area contributed by atoms with E-state index in [1.165, 1.54) is 0 Å². The Morgan fingerprint density at radius 2 is 1.93 bits per heavy atom. The van der Waals surface area contributed by atoms with Crippen molar-refractivity contribution in [1.82, 2.24) is 4.98 Å². The number of hydrogen-bond acceptors (Lipinski definition) is 3. The minimum atomic E-state index is -1.35. The lowest BCUT2D eigenvalue weighted by Gasteiger charge is -2.00. The summed E-state index contributed by atoms with van der Waals surface area (Å²) in [5.74, 6) is 0.0937. The number of hydrogen-bond donors (Lipinski definition) is 1. The zero-order chi connectivity index (χ0) is 9.97. The number of fused-ring (bicyclic) bond motifs is 1. The van der Waals surface area contributed by atoms with Gasteiger partial charge in [-0.25, -0.2) is 9.78 Å². The first-order valence-electron chi connectivity index (χ1n) is 4.01. The fourth-order valence-electron chi connectivity index (χ4n) is 1.21. The summed E-state index contributed by atoms with van der Waals surface area (Å²) in [5, 5.41) is 10.2. The standard InChI is InChI=1S/C10H7NO3.H2O/c12-10(13)14-9-5-7-3-1-2-4-8(7)6-11-9;/h1-6H,(H,12,13);1H2. The van der Waals surface area contributed by atoms with Crippen molar-refractivity contribution >= 4 is 16.9 Å². The number of rotatable bonds is 1. The van der Waals surface area contributed by atoms with Crippen LogP contribution in [0.2, 0.25) is 0 Å². The second-order valence-electron chi connectivity index (χ2n) is 2.74. The fraction of sp³-hybridized carbons (Fsp3) is 0. The lowest BCUT2D eigenvalue weighted by molar-refractivity contribution is 0.142. The van der Waals surface area contributed by atoms with Gasteiger partial charge in [0.15, 0.2) is 0 Å². The molecule has 2 rings (SSSR count). The van der Waals surface area contributed by atoms with E-state index in [0.29, 0.717) is 0 Å². The Hall–Kier alpha value is -2.14. The Labute approximate surface area is 85.2 Å². The molecule has 0 saturated heterocycles. The van der Waals surface area contributed by atoms with Crippen LogP contribution in [0.3, 0.4) is 0 Å². The summed E-state index contributed by atoms with van der Waals surface area (Å²) in [6, 6.07) is 9.11. The second-order valence-corrected chi connectivity index (χ2v) is 2.74. The molecule has 5 heteroatoms. The van der Waals surface area contributed by atoms with Crippen LogP contribution in [-0.2, 0) is 0 Å². The molecule has 0 saturated carbocycles. The number of aromatic nitrogens is 1. The molecule has 0 amide bonds. The molecule has 1 heterocycles. The van der Waals surface area contributed by atoms with Crippen molar-refractivity contribution in [3.63, 3.8) is 0 Å². The van der Waals surface area contributed by atoms with E-state index in [0.717, 1.165) is 10.8 Å². The van der Waals surface area contributed by atoms with Gasteiger partial charge in [0.2, 0.25) is 5.88 Å². The maximum Gasteiger partial charge on any atom is 0.512 e. The monoisotopic (exact) mass is 207 g/mol. The zero-order valence-corrected chi connectivity index (χ0v) is 7.68. The molecule has 15 heavy (non-hydrogen) atoms. The Morgan fingerprint density at radius 3 is 2.60 bits per heavy atom. The Kier molecular flexibility index (Phi) is 3.20. The highest BCUT2D eigenvalue weighted by atomic mass is 16.7. The van der Waals surface area contributed by atoms with Gasteiger partial charge in [-0.3, -0.25) is 0 Å². The topological polar surface area (TPSA) is 90.9 Å². The summed E-state index contributed by atoms with van der Waals surface area (Å²) in [6.45, 7) is 0. The van der Waals surface area contributed by atoms with Gasteiger partial charge >= 0.3 is 6.16 Å². The molecule has 0 aliphatic rings. The average molecular weight is 207 g/mol. The molecule has 78 valence electrons. The summed E-state index contributed by atoms with van der Waals surface area (Å²) in [4.78, 5) is 14.1. The Morgan fingerprint density at radius 1 is 1.27 bits per heavy atom. The molecule has 5 nitrogen and oxygen atoms in total. The van der Waals surface area contributed by atoms with E-state index in [4.69, 9.17) is 5.11 Å². The van der Waals surface area contributed by atoms with Crippen molar-refractivity contribution in [2.45, 2.75) is 0 Å². The smallest absolute Gasteiger partial charge is 0.449 e. The van der Waals surface area contributed by atoms with Crippen molar-refractivity contribution in [2.24, 2.45) is 0 Å². The zero-order valence-electron chi connectivity index (χ0n) is 7.68. The number of nitrogens with zero attached hydrogens (tertiary/aromatic N) is 1. The van der Waals surface area contributed by atoms with Gasteiger partial charge in [0.25, 0.3) is 0 Å². The number of benzene rings is 1. The molecule has 2 aromatic rings. The van der Waals surface area contributed by atoms with Crippen LogP contribution in [0, 0.1) is 0 Å². The first kappa shape index (κ1) is 10.9. The van der Waals surface area contributed by atoms with Crippen LogP contribution in [0.4, 0.5) is 4.79 Å². The summed E-state index contributed by atoms with van der Waals surface area (Å²) >= 11 is 0.